The van der Waals surface area contributed by atoms with Gasteiger partial charge in [0.1, 0.15) is 12.4 Å². The average Bonchev–Trinajstić information content (AvgIpc) is 2.72. The molecule has 6 heteroatoms. The molecular formula is C23H25N5O. The number of rotatable bonds is 8. The van der Waals surface area contributed by atoms with Gasteiger partial charge in [-0.25, -0.2) is 4.98 Å². The first kappa shape index (κ1) is 20.1. The van der Waals surface area contributed by atoms with Crippen LogP contribution < -0.4 is 15.4 Å². The van der Waals surface area contributed by atoms with Crippen LogP contribution in [-0.2, 0) is 0 Å². The largest absolute Gasteiger partial charge is 0.439 e. The number of hydrogen-bond donors (Lipinski definition) is 2. The highest BCUT2D eigenvalue weighted by atomic mass is 16.5. The summed E-state index contributed by atoms with van der Waals surface area (Å²) in [5.74, 6) is 1.60. The van der Waals surface area contributed by atoms with Crippen LogP contribution in [0.25, 0.3) is 6.08 Å². The molecule has 0 spiro atoms. The second kappa shape index (κ2) is 9.50. The highest BCUT2D eigenvalue weighted by Crippen LogP contribution is 2.27. The van der Waals surface area contributed by atoms with Crippen LogP contribution in [0.1, 0.15) is 23.6 Å². The molecule has 0 radical (unpaired) electrons. The number of anilines is 3. The summed E-state index contributed by atoms with van der Waals surface area (Å²) in [4.78, 5) is 12.9. The summed E-state index contributed by atoms with van der Waals surface area (Å²) in [5, 5.41) is 6.46. The van der Waals surface area contributed by atoms with Crippen molar-refractivity contribution in [2.45, 2.75) is 20.8 Å². The van der Waals surface area contributed by atoms with Crippen LogP contribution in [0.4, 0.5) is 17.3 Å². The first-order chi connectivity index (χ1) is 14.1. The predicted octanol–water partition coefficient (Wildman–Crippen LogP) is 5.73. The molecule has 0 amide bonds. The molecule has 0 saturated carbocycles. The molecule has 6 nitrogen and oxygen atoms in total. The predicted molar refractivity (Wildman–Crippen MR) is 120 cm³/mol. The number of benzene rings is 2. The zero-order valence-corrected chi connectivity index (χ0v) is 16.9. The lowest BCUT2D eigenvalue weighted by Gasteiger charge is -2.11. The molecule has 3 rings (SSSR count). The van der Waals surface area contributed by atoms with Crippen LogP contribution in [0.15, 0.2) is 60.2 Å². The lowest BCUT2D eigenvalue weighted by molar-refractivity contribution is 0.462. The van der Waals surface area contributed by atoms with Crippen molar-refractivity contribution < 1.29 is 4.74 Å². The third kappa shape index (κ3) is 5.42. The van der Waals surface area contributed by atoms with Crippen molar-refractivity contribution in [3.05, 3.63) is 71.9 Å². The fraction of sp³-hybridized carbons (Fsp3) is 0.174. The quantitative estimate of drug-likeness (QED) is 0.483. The Kier molecular flexibility index (Phi) is 6.58. The highest BCUT2D eigenvalue weighted by Gasteiger charge is 2.06. The zero-order valence-electron chi connectivity index (χ0n) is 16.9. The minimum absolute atomic E-state index is 0.456. The summed E-state index contributed by atoms with van der Waals surface area (Å²) in [6.45, 7) is 10.4. The van der Waals surface area contributed by atoms with E-state index in [0.717, 1.165) is 16.9 Å². The Bertz CT molecular complexity index is 1030. The van der Waals surface area contributed by atoms with Gasteiger partial charge in [-0.05, 0) is 68.4 Å². The molecule has 0 saturated heterocycles. The number of nitrogens with one attached hydrogen (secondary N) is 2. The number of aliphatic imine (C=N–C) groups is 1. The van der Waals surface area contributed by atoms with E-state index in [-0.39, 0.29) is 0 Å². The Morgan fingerprint density at radius 1 is 1.10 bits per heavy atom. The van der Waals surface area contributed by atoms with Crippen LogP contribution in [0.3, 0.4) is 0 Å². The van der Waals surface area contributed by atoms with E-state index in [0.29, 0.717) is 24.2 Å². The molecule has 3 aromatic rings. The molecule has 2 aromatic carbocycles. The maximum absolute atomic E-state index is 5.93. The van der Waals surface area contributed by atoms with Gasteiger partial charge in [-0.2, -0.15) is 4.98 Å². The molecule has 0 unspecified atom stereocenters. The Morgan fingerprint density at radius 2 is 1.97 bits per heavy atom. The standard InChI is InChI=1S/C23H25N5O/c1-5-18-14-20(9-10-21(18)26-15-24-6-2)29-22-11-12-25-23(28-22)27-19-8-7-16(3)17(4)13-19/h5-14,26H,1,15H2,2-4H3,(H,25,27,28)/b24-6-. The zero-order chi connectivity index (χ0) is 20.6. The SMILES string of the molecule is C=Cc1cc(Oc2ccnc(Nc3ccc(C)c(C)c3)n2)ccc1NC/N=C\C. The van der Waals surface area contributed by atoms with Gasteiger partial charge in [0, 0.05) is 29.2 Å². The number of aryl methyl sites for hydroxylation is 2. The molecule has 1 aromatic heterocycles. The van der Waals surface area contributed by atoms with E-state index in [2.05, 4.69) is 58.2 Å². The van der Waals surface area contributed by atoms with Crippen LogP contribution >= 0.6 is 0 Å². The average molecular weight is 387 g/mol. The summed E-state index contributed by atoms with van der Waals surface area (Å²) in [6, 6.07) is 13.6. The fourth-order valence-corrected chi connectivity index (χ4v) is 2.68. The van der Waals surface area contributed by atoms with Gasteiger partial charge in [-0.15, -0.1) is 0 Å². The van der Waals surface area contributed by atoms with Gasteiger partial charge < -0.3 is 15.4 Å². The van der Waals surface area contributed by atoms with Gasteiger partial charge in [-0.3, -0.25) is 4.99 Å². The van der Waals surface area contributed by atoms with Crippen molar-refractivity contribution in [2.75, 3.05) is 17.3 Å². The maximum Gasteiger partial charge on any atom is 0.230 e. The van der Waals surface area contributed by atoms with Crippen molar-refractivity contribution in [3.8, 4) is 11.6 Å². The van der Waals surface area contributed by atoms with E-state index >= 15 is 0 Å². The van der Waals surface area contributed by atoms with E-state index in [9.17, 15) is 0 Å². The third-order valence-corrected chi connectivity index (χ3v) is 4.40. The van der Waals surface area contributed by atoms with Crippen molar-refractivity contribution in [3.63, 3.8) is 0 Å². The Morgan fingerprint density at radius 3 is 2.72 bits per heavy atom. The molecule has 29 heavy (non-hydrogen) atoms. The van der Waals surface area contributed by atoms with Gasteiger partial charge >= 0.3 is 0 Å². The van der Waals surface area contributed by atoms with E-state index in [4.69, 9.17) is 4.74 Å². The topological polar surface area (TPSA) is 71.4 Å². The van der Waals surface area contributed by atoms with Gasteiger partial charge in [0.05, 0.1) is 0 Å². The summed E-state index contributed by atoms with van der Waals surface area (Å²) < 4.78 is 5.93. The number of nitrogens with zero attached hydrogens (tertiary/aromatic N) is 3. The van der Waals surface area contributed by atoms with Crippen molar-refractivity contribution in [1.29, 1.82) is 0 Å². The lowest BCUT2D eigenvalue weighted by atomic mass is 10.1. The first-order valence-electron chi connectivity index (χ1n) is 9.39. The van der Waals surface area contributed by atoms with Crippen molar-refractivity contribution in [1.82, 2.24) is 9.97 Å². The van der Waals surface area contributed by atoms with Gasteiger partial charge in [-0.1, -0.05) is 18.7 Å². The Labute approximate surface area is 171 Å². The minimum Gasteiger partial charge on any atom is -0.439 e. The minimum atomic E-state index is 0.456. The van der Waals surface area contributed by atoms with Crippen LogP contribution in [0.5, 0.6) is 11.6 Å². The normalized spacial score (nSPS) is 10.7. The maximum atomic E-state index is 5.93. The van der Waals surface area contributed by atoms with Crippen molar-refractivity contribution >= 4 is 29.6 Å². The number of ether oxygens (including phenoxy) is 1. The molecule has 0 atom stereocenters. The summed E-state index contributed by atoms with van der Waals surface area (Å²) >= 11 is 0. The monoisotopic (exact) mass is 387 g/mol. The molecule has 0 bridgehead atoms. The molecule has 0 fully saturated rings. The van der Waals surface area contributed by atoms with Crippen molar-refractivity contribution in [2.24, 2.45) is 4.99 Å². The fourth-order valence-electron chi connectivity index (χ4n) is 2.68. The van der Waals surface area contributed by atoms with E-state index in [1.807, 2.05) is 31.2 Å². The molecule has 0 aliphatic carbocycles. The summed E-state index contributed by atoms with van der Waals surface area (Å²) in [5.41, 5.74) is 5.25. The molecule has 1 heterocycles. The smallest absolute Gasteiger partial charge is 0.230 e. The summed E-state index contributed by atoms with van der Waals surface area (Å²) in [6.07, 6.45) is 5.20. The van der Waals surface area contributed by atoms with E-state index in [1.54, 1.807) is 24.6 Å². The molecule has 2 N–H and O–H groups in total. The Hall–Kier alpha value is -3.67. The third-order valence-electron chi connectivity index (χ3n) is 4.40. The molecular weight excluding hydrogens is 362 g/mol. The van der Waals surface area contributed by atoms with Crippen LogP contribution in [0, 0.1) is 13.8 Å². The van der Waals surface area contributed by atoms with Crippen LogP contribution in [0.2, 0.25) is 0 Å². The van der Waals surface area contributed by atoms with Gasteiger partial charge in [0.15, 0.2) is 0 Å². The van der Waals surface area contributed by atoms with E-state index < -0.39 is 0 Å². The number of aromatic nitrogens is 2. The second-order valence-electron chi connectivity index (χ2n) is 6.47. The second-order valence-corrected chi connectivity index (χ2v) is 6.47. The molecule has 0 aliphatic heterocycles. The van der Waals surface area contributed by atoms with E-state index in [1.165, 1.54) is 11.1 Å². The molecule has 148 valence electrons. The first-order valence-corrected chi connectivity index (χ1v) is 9.39. The van der Waals surface area contributed by atoms with Gasteiger partial charge in [0.2, 0.25) is 11.8 Å². The highest BCUT2D eigenvalue weighted by molar-refractivity contribution is 5.68. The summed E-state index contributed by atoms with van der Waals surface area (Å²) in [7, 11) is 0. The Balaban J connectivity index is 1.74. The lowest BCUT2D eigenvalue weighted by Crippen LogP contribution is -2.01. The molecule has 0 aliphatic rings. The van der Waals surface area contributed by atoms with Gasteiger partial charge in [0.25, 0.3) is 0 Å². The number of hydrogen-bond acceptors (Lipinski definition) is 6. The van der Waals surface area contributed by atoms with Crippen LogP contribution in [-0.4, -0.2) is 22.9 Å².